The highest BCUT2D eigenvalue weighted by atomic mass is 15.0. The Morgan fingerprint density at radius 2 is 0.809 bits per heavy atom. The van der Waals surface area contributed by atoms with E-state index in [9.17, 15) is 0 Å². The van der Waals surface area contributed by atoms with Crippen LogP contribution in [-0.4, -0.2) is 24.1 Å². The first-order valence-electron chi connectivity index (χ1n) is 23.1. The molecule has 14 aromatic rings. The standard InChI is InChI=1S/C63H39N5/c1-3-15-40(16-4-1)41-27-29-44(30-28-41)62-64-61(43-18-5-2-6-19-43)65-63(66-62)54-35-36-58(50-22-10-9-21-49(50)54)68-57-26-14-12-24-52(57)55-38-46-37-47(33-31-45(46)39-59(55)68)67-56-25-13-11-23-51(56)53-34-32-42-17-7-8-20-48(42)60(53)67/h1-39H. The van der Waals surface area contributed by atoms with Crippen molar-refractivity contribution in [2.45, 2.75) is 0 Å². The molecule has 5 nitrogen and oxygen atoms in total. The van der Waals surface area contributed by atoms with Crippen LogP contribution >= 0.6 is 0 Å². The first-order valence-corrected chi connectivity index (χ1v) is 23.1. The van der Waals surface area contributed by atoms with Gasteiger partial charge in [0.05, 0.1) is 27.8 Å². The number of para-hydroxylation sites is 2. The SMILES string of the molecule is c1ccc(-c2ccc(-c3nc(-c4ccccc4)nc(-c4ccc(-n5c6ccccc6c6cc7cc(-n8c9ccccc9c9ccc%10ccccc%10c98)ccc7cc65)c5ccccc45)n3)cc2)cc1. The Balaban J connectivity index is 0.937. The molecule has 0 bridgehead atoms. The molecule has 0 aliphatic carbocycles. The third-order valence-electron chi connectivity index (χ3n) is 13.7. The topological polar surface area (TPSA) is 48.5 Å². The highest BCUT2D eigenvalue weighted by molar-refractivity contribution is 6.19. The minimum absolute atomic E-state index is 0.629. The zero-order valence-electron chi connectivity index (χ0n) is 36.8. The molecule has 0 aliphatic heterocycles. The monoisotopic (exact) mass is 865 g/mol. The number of aromatic nitrogens is 5. The van der Waals surface area contributed by atoms with Crippen LogP contribution in [0.1, 0.15) is 0 Å². The Labute approximate surface area is 391 Å². The largest absolute Gasteiger partial charge is 0.309 e. The van der Waals surface area contributed by atoms with Gasteiger partial charge in [0.1, 0.15) is 0 Å². The molecule has 14 rings (SSSR count). The van der Waals surface area contributed by atoms with Gasteiger partial charge in [-0.2, -0.15) is 0 Å². The van der Waals surface area contributed by atoms with Crippen molar-refractivity contribution in [3.63, 3.8) is 0 Å². The zero-order valence-corrected chi connectivity index (χ0v) is 36.8. The summed E-state index contributed by atoms with van der Waals surface area (Å²) in [5, 5.41) is 12.0. The Bertz CT molecular complexity index is 4300. The maximum Gasteiger partial charge on any atom is 0.164 e. The van der Waals surface area contributed by atoms with E-state index >= 15 is 0 Å². The molecule has 11 aromatic carbocycles. The number of hydrogen-bond acceptors (Lipinski definition) is 3. The van der Waals surface area contributed by atoms with E-state index in [1.54, 1.807) is 0 Å². The van der Waals surface area contributed by atoms with Gasteiger partial charge in [0, 0.05) is 54.7 Å². The maximum atomic E-state index is 5.22. The molecule has 0 fully saturated rings. The van der Waals surface area contributed by atoms with Crippen molar-refractivity contribution in [3.05, 3.63) is 237 Å². The molecular weight excluding hydrogens is 827 g/mol. The van der Waals surface area contributed by atoms with E-state index in [0.29, 0.717) is 17.5 Å². The van der Waals surface area contributed by atoms with Gasteiger partial charge in [0.2, 0.25) is 0 Å². The highest BCUT2D eigenvalue weighted by Gasteiger charge is 2.21. The molecule has 0 aliphatic rings. The van der Waals surface area contributed by atoms with Crippen molar-refractivity contribution in [1.82, 2.24) is 24.1 Å². The van der Waals surface area contributed by atoms with Gasteiger partial charge < -0.3 is 9.13 Å². The van der Waals surface area contributed by atoms with Crippen LogP contribution in [-0.2, 0) is 0 Å². The molecule has 0 spiro atoms. The third kappa shape index (κ3) is 5.99. The molecule has 3 heterocycles. The fraction of sp³-hybridized carbons (Fsp3) is 0. The summed E-state index contributed by atoms with van der Waals surface area (Å²) in [6, 6.07) is 84.7. The number of rotatable bonds is 6. The summed E-state index contributed by atoms with van der Waals surface area (Å²) < 4.78 is 4.89. The fourth-order valence-electron chi connectivity index (χ4n) is 10.6. The second kappa shape index (κ2) is 15.2. The lowest BCUT2D eigenvalue weighted by Gasteiger charge is -2.15. The van der Waals surface area contributed by atoms with Crippen LogP contribution in [0, 0.1) is 0 Å². The molecule has 0 N–H and O–H groups in total. The van der Waals surface area contributed by atoms with E-state index in [0.717, 1.165) is 55.4 Å². The minimum atomic E-state index is 0.629. The summed E-state index contributed by atoms with van der Waals surface area (Å²) in [4.78, 5) is 15.5. The van der Waals surface area contributed by atoms with Gasteiger partial charge in [-0.1, -0.05) is 188 Å². The van der Waals surface area contributed by atoms with Crippen LogP contribution in [0.5, 0.6) is 0 Å². The van der Waals surface area contributed by atoms with Crippen molar-refractivity contribution in [3.8, 4) is 56.7 Å². The van der Waals surface area contributed by atoms with Crippen LogP contribution in [0.15, 0.2) is 237 Å². The van der Waals surface area contributed by atoms with Gasteiger partial charge in [-0.3, -0.25) is 0 Å². The Morgan fingerprint density at radius 1 is 0.265 bits per heavy atom. The molecule has 0 atom stereocenters. The first kappa shape index (κ1) is 38.1. The van der Waals surface area contributed by atoms with Crippen molar-refractivity contribution >= 4 is 75.9 Å². The minimum Gasteiger partial charge on any atom is -0.309 e. The second-order valence-corrected chi connectivity index (χ2v) is 17.6. The number of benzene rings is 11. The van der Waals surface area contributed by atoms with Crippen molar-refractivity contribution in [2.24, 2.45) is 0 Å². The molecular formula is C63H39N5. The molecule has 5 heteroatoms. The summed E-state index contributed by atoms with van der Waals surface area (Å²) in [6.07, 6.45) is 0. The van der Waals surface area contributed by atoms with Crippen LogP contribution < -0.4 is 0 Å². The molecule has 316 valence electrons. The van der Waals surface area contributed by atoms with Gasteiger partial charge in [0.25, 0.3) is 0 Å². The van der Waals surface area contributed by atoms with E-state index in [1.165, 1.54) is 59.7 Å². The first-order chi connectivity index (χ1) is 33.7. The third-order valence-corrected chi connectivity index (χ3v) is 13.7. The molecule has 3 aromatic heterocycles. The van der Waals surface area contributed by atoms with E-state index in [2.05, 4.69) is 221 Å². The van der Waals surface area contributed by atoms with Crippen LogP contribution in [0.4, 0.5) is 0 Å². The predicted octanol–water partition coefficient (Wildman–Crippen LogP) is 16.2. The number of hydrogen-bond donors (Lipinski definition) is 0. The normalized spacial score (nSPS) is 11.8. The molecule has 68 heavy (non-hydrogen) atoms. The van der Waals surface area contributed by atoms with Gasteiger partial charge in [0.15, 0.2) is 17.5 Å². The average Bonchev–Trinajstić information content (AvgIpc) is 3.92. The predicted molar refractivity (Wildman–Crippen MR) is 283 cm³/mol. The van der Waals surface area contributed by atoms with E-state index in [-0.39, 0.29) is 0 Å². The summed E-state index contributed by atoms with van der Waals surface area (Å²) in [5.74, 6) is 1.89. The fourth-order valence-corrected chi connectivity index (χ4v) is 10.6. The molecule has 0 unspecified atom stereocenters. The quantitative estimate of drug-likeness (QED) is 0.167. The molecule has 0 radical (unpaired) electrons. The Hall–Kier alpha value is -9.19. The Kier molecular flexibility index (Phi) is 8.52. The van der Waals surface area contributed by atoms with Gasteiger partial charge in [-0.25, -0.2) is 15.0 Å². The highest BCUT2D eigenvalue weighted by Crippen LogP contribution is 2.41. The van der Waals surface area contributed by atoms with Crippen LogP contribution in [0.2, 0.25) is 0 Å². The van der Waals surface area contributed by atoms with Gasteiger partial charge in [-0.15, -0.1) is 0 Å². The Morgan fingerprint density at radius 3 is 1.56 bits per heavy atom. The van der Waals surface area contributed by atoms with E-state index in [4.69, 9.17) is 15.0 Å². The van der Waals surface area contributed by atoms with E-state index in [1.807, 2.05) is 24.3 Å². The van der Waals surface area contributed by atoms with Gasteiger partial charge in [-0.05, 0) is 81.2 Å². The van der Waals surface area contributed by atoms with Crippen molar-refractivity contribution in [1.29, 1.82) is 0 Å². The molecule has 0 amide bonds. The maximum absolute atomic E-state index is 5.22. The average molecular weight is 866 g/mol. The smallest absolute Gasteiger partial charge is 0.164 e. The van der Waals surface area contributed by atoms with Crippen LogP contribution in [0.3, 0.4) is 0 Å². The summed E-state index contributed by atoms with van der Waals surface area (Å²) in [5.41, 5.74) is 12.1. The lowest BCUT2D eigenvalue weighted by atomic mass is 10.0. The lowest BCUT2D eigenvalue weighted by molar-refractivity contribution is 1.08. The van der Waals surface area contributed by atoms with Gasteiger partial charge >= 0.3 is 0 Å². The molecule has 0 saturated carbocycles. The molecule has 0 saturated heterocycles. The number of nitrogens with zero attached hydrogens (tertiary/aromatic N) is 5. The summed E-state index contributed by atoms with van der Waals surface area (Å²) in [7, 11) is 0. The second-order valence-electron chi connectivity index (χ2n) is 17.6. The van der Waals surface area contributed by atoms with Crippen molar-refractivity contribution < 1.29 is 0 Å². The van der Waals surface area contributed by atoms with Crippen molar-refractivity contribution in [2.75, 3.05) is 0 Å². The lowest BCUT2D eigenvalue weighted by Crippen LogP contribution is -2.02. The summed E-state index contributed by atoms with van der Waals surface area (Å²) >= 11 is 0. The van der Waals surface area contributed by atoms with E-state index < -0.39 is 0 Å². The zero-order chi connectivity index (χ0) is 44.7. The van der Waals surface area contributed by atoms with Crippen LogP contribution in [0.25, 0.3) is 133 Å². The summed E-state index contributed by atoms with van der Waals surface area (Å²) in [6.45, 7) is 0. The number of fused-ring (bicyclic) bond motifs is 10.